The molecule has 4 rings (SSSR count). The molecule has 2 aliphatic carbocycles. The predicted molar refractivity (Wildman–Crippen MR) is 122 cm³/mol. The van der Waals surface area contributed by atoms with Crippen molar-refractivity contribution in [1.82, 2.24) is 0 Å². The molecule has 1 aromatic carbocycles. The van der Waals surface area contributed by atoms with Crippen LogP contribution in [0.4, 0.5) is 5.69 Å². The molecule has 2 fully saturated rings. The van der Waals surface area contributed by atoms with E-state index in [1.807, 2.05) is 0 Å². The number of aliphatic imine (C=N–C) groups is 1. The van der Waals surface area contributed by atoms with Crippen molar-refractivity contribution in [2.45, 2.75) is 76.7 Å². The van der Waals surface area contributed by atoms with Crippen molar-refractivity contribution in [2.24, 2.45) is 10.9 Å². The number of allylic oxidation sites excluding steroid dienone is 1. The maximum atomic E-state index is 13.5. The topological polar surface area (TPSA) is 131 Å². The Balaban J connectivity index is 1.82. The third-order valence-electron chi connectivity index (χ3n) is 7.04. The van der Waals surface area contributed by atoms with Crippen LogP contribution in [0.2, 0.25) is 0 Å². The average molecular weight is 470 g/mol. The highest BCUT2D eigenvalue weighted by Crippen LogP contribution is 2.46. The van der Waals surface area contributed by atoms with Crippen LogP contribution in [0.1, 0.15) is 76.2 Å². The summed E-state index contributed by atoms with van der Waals surface area (Å²) in [5.41, 5.74) is 0.983. The summed E-state index contributed by atoms with van der Waals surface area (Å²) < 4.78 is 11.0. The van der Waals surface area contributed by atoms with Gasteiger partial charge in [0.25, 0.3) is 5.69 Å². The first-order valence-corrected chi connectivity index (χ1v) is 11.9. The average Bonchev–Trinajstić information content (AvgIpc) is 3.07. The van der Waals surface area contributed by atoms with Gasteiger partial charge in [0.1, 0.15) is 17.6 Å². The van der Waals surface area contributed by atoms with E-state index in [1.54, 1.807) is 6.92 Å². The van der Waals surface area contributed by atoms with Gasteiger partial charge in [-0.3, -0.25) is 19.9 Å². The van der Waals surface area contributed by atoms with Crippen LogP contribution in [-0.4, -0.2) is 35.6 Å². The molecule has 0 aromatic heterocycles. The van der Waals surface area contributed by atoms with Crippen molar-refractivity contribution in [3.8, 4) is 11.5 Å². The van der Waals surface area contributed by atoms with Gasteiger partial charge in [0.15, 0.2) is 0 Å². The molecular weight excluding hydrogens is 440 g/mol. The lowest BCUT2D eigenvalue weighted by atomic mass is 9.69. The molecule has 34 heavy (non-hydrogen) atoms. The fourth-order valence-corrected chi connectivity index (χ4v) is 5.40. The largest absolute Gasteiger partial charge is 0.865 e. The van der Waals surface area contributed by atoms with Crippen LogP contribution < -0.4 is 9.84 Å². The highest BCUT2D eigenvalue weighted by molar-refractivity contribution is 6.11. The number of esters is 1. The Labute approximate surface area is 198 Å². The quantitative estimate of drug-likeness (QED) is 0.274. The molecule has 0 saturated heterocycles. The Kier molecular flexibility index (Phi) is 7.00. The highest BCUT2D eigenvalue weighted by Gasteiger charge is 2.44. The molecule has 0 N–H and O–H groups in total. The molecule has 3 aliphatic rings. The molecule has 0 bridgehead atoms. The first-order chi connectivity index (χ1) is 16.3. The minimum absolute atomic E-state index is 0.0740. The van der Waals surface area contributed by atoms with Crippen molar-refractivity contribution in [2.75, 3.05) is 7.11 Å². The summed E-state index contributed by atoms with van der Waals surface area (Å²) in [6, 6.07) is 2.56. The summed E-state index contributed by atoms with van der Waals surface area (Å²) in [5, 5.41) is 24.0. The lowest BCUT2D eigenvalue weighted by molar-refractivity contribution is -0.398. The first-order valence-electron chi connectivity index (χ1n) is 11.9. The van der Waals surface area contributed by atoms with Gasteiger partial charge < -0.3 is 14.6 Å². The number of nitrogens with zero attached hydrogens (tertiary/aromatic N) is 2. The molecule has 0 amide bonds. The van der Waals surface area contributed by atoms with Gasteiger partial charge in [-0.2, -0.15) is 0 Å². The molecule has 0 spiro atoms. The summed E-state index contributed by atoms with van der Waals surface area (Å²) in [6.45, 7) is 1.70. The van der Waals surface area contributed by atoms with E-state index < -0.39 is 34.2 Å². The van der Waals surface area contributed by atoms with E-state index in [9.17, 15) is 24.8 Å². The molecule has 9 heteroatoms. The number of Topliss-reactive ketones (excluding diaryl/α,β-unsaturated/α-hetero) is 1. The molecule has 0 radical (unpaired) electrons. The van der Waals surface area contributed by atoms with Crippen LogP contribution >= 0.6 is 0 Å². The fraction of sp³-hybridized carbons (Fsp3) is 0.560. The SMILES string of the molecule is COc1cc([C@H]2C(C(=O)OC3CCCCCC3)=C(C)N=C3CCCC(=O)[C@@H]32)cc([N+](=O)[O-])c1[O-]. The standard InChI is InChI=1S/C25H30N2O7/c1-14-21(25(30)34-16-8-5-3-4-6-9-16)22(23-17(26-14)10-7-11-19(23)28)15-12-18(27(31)32)24(29)20(13-15)33-2/h12-13,16,22-23,29H,3-11H2,1-2H3/p-1/t22-,23+/m0/s1. The van der Waals surface area contributed by atoms with E-state index in [1.165, 1.54) is 13.2 Å². The molecule has 182 valence electrons. The molecule has 0 unspecified atom stereocenters. The lowest BCUT2D eigenvalue weighted by Gasteiger charge is -2.36. The maximum absolute atomic E-state index is 13.5. The number of hydrogen-bond donors (Lipinski definition) is 0. The summed E-state index contributed by atoms with van der Waals surface area (Å²) in [6.07, 6.45) is 7.13. The smallest absolute Gasteiger partial charge is 0.336 e. The third kappa shape index (κ3) is 4.56. The molecule has 2 atom stereocenters. The van der Waals surface area contributed by atoms with Crippen molar-refractivity contribution in [3.05, 3.63) is 39.1 Å². The fourth-order valence-electron chi connectivity index (χ4n) is 5.40. The van der Waals surface area contributed by atoms with Gasteiger partial charge in [-0.05, 0) is 57.1 Å². The summed E-state index contributed by atoms with van der Waals surface area (Å²) in [7, 11) is 1.26. The van der Waals surface area contributed by atoms with E-state index in [-0.39, 0.29) is 23.2 Å². The Morgan fingerprint density at radius 2 is 1.79 bits per heavy atom. The van der Waals surface area contributed by atoms with E-state index >= 15 is 0 Å². The maximum Gasteiger partial charge on any atom is 0.336 e. The number of nitro benzene ring substituents is 1. The van der Waals surface area contributed by atoms with Gasteiger partial charge >= 0.3 is 5.97 Å². The number of ketones is 1. The molecular formula is C25H29N2O7-. The number of benzene rings is 1. The minimum atomic E-state index is -0.848. The zero-order valence-electron chi connectivity index (χ0n) is 19.5. The number of fused-ring (bicyclic) bond motifs is 1. The number of rotatable bonds is 5. The van der Waals surface area contributed by atoms with Gasteiger partial charge in [-0.15, -0.1) is 0 Å². The minimum Gasteiger partial charge on any atom is -0.865 e. The number of carbonyl (C=O) groups is 2. The van der Waals surface area contributed by atoms with Gasteiger partial charge in [0.2, 0.25) is 0 Å². The van der Waals surface area contributed by atoms with Crippen LogP contribution in [-0.2, 0) is 14.3 Å². The molecule has 2 saturated carbocycles. The van der Waals surface area contributed by atoms with E-state index in [0.29, 0.717) is 36.2 Å². The summed E-state index contributed by atoms with van der Waals surface area (Å²) in [5.74, 6) is -3.23. The lowest BCUT2D eigenvalue weighted by Crippen LogP contribution is -2.39. The zero-order chi connectivity index (χ0) is 24.4. The van der Waals surface area contributed by atoms with Crippen molar-refractivity contribution < 1.29 is 29.1 Å². The molecule has 9 nitrogen and oxygen atoms in total. The van der Waals surface area contributed by atoms with Crippen LogP contribution in [0.5, 0.6) is 11.5 Å². The molecule has 1 aromatic rings. The second-order valence-electron chi connectivity index (χ2n) is 9.22. The van der Waals surface area contributed by atoms with Gasteiger partial charge in [0.05, 0.1) is 23.5 Å². The predicted octanol–water partition coefficient (Wildman–Crippen LogP) is 4.12. The van der Waals surface area contributed by atoms with Crippen LogP contribution in [0.15, 0.2) is 28.4 Å². The summed E-state index contributed by atoms with van der Waals surface area (Å²) in [4.78, 5) is 42.0. The van der Waals surface area contributed by atoms with Crippen molar-refractivity contribution >= 4 is 23.2 Å². The van der Waals surface area contributed by atoms with Crippen LogP contribution in [0, 0.1) is 16.0 Å². The second-order valence-corrected chi connectivity index (χ2v) is 9.22. The Morgan fingerprint density at radius 3 is 2.44 bits per heavy atom. The molecule has 1 aliphatic heterocycles. The normalized spacial score (nSPS) is 23.6. The van der Waals surface area contributed by atoms with E-state index in [4.69, 9.17) is 9.47 Å². The second kappa shape index (κ2) is 9.95. The molecule has 1 heterocycles. The first kappa shape index (κ1) is 23.9. The van der Waals surface area contributed by atoms with E-state index in [2.05, 4.69) is 4.99 Å². The van der Waals surface area contributed by atoms with E-state index in [0.717, 1.165) is 44.6 Å². The monoisotopic (exact) mass is 469 g/mol. The number of methoxy groups -OCH3 is 1. The van der Waals surface area contributed by atoms with Gasteiger partial charge in [0, 0.05) is 35.6 Å². The van der Waals surface area contributed by atoms with Crippen LogP contribution in [0.25, 0.3) is 0 Å². The van der Waals surface area contributed by atoms with Gasteiger partial charge in [-0.25, -0.2) is 4.79 Å². The zero-order valence-corrected chi connectivity index (χ0v) is 19.5. The van der Waals surface area contributed by atoms with Crippen molar-refractivity contribution in [1.29, 1.82) is 0 Å². The van der Waals surface area contributed by atoms with Gasteiger partial charge in [-0.1, -0.05) is 12.8 Å². The third-order valence-corrected chi connectivity index (χ3v) is 7.04. The summed E-state index contributed by atoms with van der Waals surface area (Å²) >= 11 is 0. The number of ether oxygens (including phenoxy) is 2. The number of hydrogen-bond acceptors (Lipinski definition) is 8. The van der Waals surface area contributed by atoms with Crippen LogP contribution in [0.3, 0.4) is 0 Å². The highest BCUT2D eigenvalue weighted by atomic mass is 16.6. The van der Waals surface area contributed by atoms with Crippen molar-refractivity contribution in [3.63, 3.8) is 0 Å². The Hall–Kier alpha value is -3.23. The number of nitro groups is 1. The number of carbonyl (C=O) groups excluding carboxylic acids is 2. The Bertz CT molecular complexity index is 1070. The Morgan fingerprint density at radius 1 is 1.09 bits per heavy atom.